The Balaban J connectivity index is 1.56. The van der Waals surface area contributed by atoms with Gasteiger partial charge in [0.15, 0.2) is 11.5 Å². The molecule has 1 fully saturated rings. The quantitative estimate of drug-likeness (QED) is 0.659. The summed E-state index contributed by atoms with van der Waals surface area (Å²) in [5, 5.41) is 9.59. The third-order valence-corrected chi connectivity index (χ3v) is 7.98. The second-order valence-corrected chi connectivity index (χ2v) is 9.72. The average molecular weight is 466 g/mol. The highest BCUT2D eigenvalue weighted by Crippen LogP contribution is 2.52. The zero-order valence-electron chi connectivity index (χ0n) is 19.7. The van der Waals surface area contributed by atoms with E-state index in [2.05, 4.69) is 0 Å². The van der Waals surface area contributed by atoms with E-state index in [0.29, 0.717) is 37.2 Å². The van der Waals surface area contributed by atoms with Crippen molar-refractivity contribution in [2.75, 3.05) is 21.0 Å². The Morgan fingerprint density at radius 1 is 1.21 bits per heavy atom. The maximum Gasteiger partial charge on any atom is 0.231 e. The van der Waals surface area contributed by atoms with Crippen LogP contribution in [-0.4, -0.2) is 55.3 Å². The summed E-state index contributed by atoms with van der Waals surface area (Å²) in [4.78, 5) is 28.0. The van der Waals surface area contributed by atoms with Crippen LogP contribution >= 0.6 is 0 Å². The molecule has 2 aromatic rings. The third kappa shape index (κ3) is 3.72. The highest BCUT2D eigenvalue weighted by atomic mass is 16.7. The number of carbonyl (C=O) groups is 2. The predicted octanol–water partition coefficient (Wildman–Crippen LogP) is 3.39. The molecule has 1 spiro atoms. The van der Waals surface area contributed by atoms with Crippen molar-refractivity contribution in [3.8, 4) is 17.2 Å². The fourth-order valence-electron chi connectivity index (χ4n) is 6.19. The van der Waals surface area contributed by atoms with Crippen molar-refractivity contribution in [1.29, 1.82) is 0 Å². The number of fused-ring (bicyclic) bond motifs is 3. The van der Waals surface area contributed by atoms with Gasteiger partial charge in [-0.15, -0.1) is 0 Å². The van der Waals surface area contributed by atoms with Gasteiger partial charge < -0.3 is 24.2 Å². The molecule has 1 heterocycles. The Hall–Kier alpha value is -3.06. The van der Waals surface area contributed by atoms with Crippen LogP contribution in [0.1, 0.15) is 42.4 Å². The topological polar surface area (TPSA) is 85.3 Å². The maximum atomic E-state index is 14.4. The number of nitrogens with zero attached hydrogens (tertiary/aromatic N) is 1. The highest BCUT2D eigenvalue weighted by molar-refractivity contribution is 5.96. The molecule has 0 bridgehead atoms. The van der Waals surface area contributed by atoms with E-state index in [1.165, 1.54) is 0 Å². The molecule has 2 aliphatic carbocycles. The van der Waals surface area contributed by atoms with Gasteiger partial charge in [0.25, 0.3) is 0 Å². The number of phenolic OH excluding ortho intramolecular Hbond substituents is 1. The largest absolute Gasteiger partial charge is 0.508 e. The molecule has 0 aromatic heterocycles. The predicted molar refractivity (Wildman–Crippen MR) is 125 cm³/mol. The molecule has 2 aromatic carbocycles. The van der Waals surface area contributed by atoms with Crippen LogP contribution in [0.3, 0.4) is 0 Å². The smallest absolute Gasteiger partial charge is 0.231 e. The minimum absolute atomic E-state index is 0.000610. The number of Topliss-reactive ketones (excluding diaryl/α,β-unsaturated/α-hetero) is 1. The van der Waals surface area contributed by atoms with Crippen molar-refractivity contribution in [2.45, 2.75) is 56.1 Å². The Morgan fingerprint density at radius 3 is 2.65 bits per heavy atom. The monoisotopic (exact) mass is 465 g/mol. The first-order valence-electron chi connectivity index (χ1n) is 11.9. The summed E-state index contributed by atoms with van der Waals surface area (Å²) < 4.78 is 17.0. The van der Waals surface area contributed by atoms with Crippen LogP contribution in [0.2, 0.25) is 0 Å². The number of likely N-dealkylation sites (N-methyl/N-ethyl adjacent to an activating group) is 1. The molecule has 0 saturated heterocycles. The molecule has 5 rings (SSSR count). The van der Waals surface area contributed by atoms with E-state index < -0.39 is 5.41 Å². The first-order valence-corrected chi connectivity index (χ1v) is 11.9. The number of hydrogen-bond acceptors (Lipinski definition) is 6. The number of ether oxygens (including phenoxy) is 3. The first-order chi connectivity index (χ1) is 16.5. The van der Waals surface area contributed by atoms with Crippen LogP contribution in [0.15, 0.2) is 36.4 Å². The number of ketones is 1. The number of carbonyl (C=O) groups excluding carboxylic acids is 2. The number of benzene rings is 2. The van der Waals surface area contributed by atoms with E-state index in [0.717, 1.165) is 35.9 Å². The summed E-state index contributed by atoms with van der Waals surface area (Å²) in [5.41, 5.74) is 2.34. The van der Waals surface area contributed by atoms with Gasteiger partial charge in [0.05, 0.1) is 17.6 Å². The number of aryl methyl sites for hydroxylation is 1. The van der Waals surface area contributed by atoms with Gasteiger partial charge in [-0.1, -0.05) is 12.1 Å². The van der Waals surface area contributed by atoms with Crippen molar-refractivity contribution in [1.82, 2.24) is 4.90 Å². The van der Waals surface area contributed by atoms with Crippen molar-refractivity contribution in [3.05, 3.63) is 53.1 Å². The number of amides is 1. The van der Waals surface area contributed by atoms with E-state index in [1.807, 2.05) is 24.3 Å². The Bertz CT molecular complexity index is 1080. The lowest BCUT2D eigenvalue weighted by molar-refractivity contribution is -0.138. The van der Waals surface area contributed by atoms with Gasteiger partial charge in [0, 0.05) is 20.1 Å². The molecule has 34 heavy (non-hydrogen) atoms. The lowest BCUT2D eigenvalue weighted by Crippen LogP contribution is -2.61. The van der Waals surface area contributed by atoms with Crippen molar-refractivity contribution < 1.29 is 28.9 Å². The van der Waals surface area contributed by atoms with Crippen molar-refractivity contribution >= 4 is 12.2 Å². The highest BCUT2D eigenvalue weighted by Gasteiger charge is 2.56. The second kappa shape index (κ2) is 8.95. The van der Waals surface area contributed by atoms with Crippen LogP contribution in [0.5, 0.6) is 17.2 Å². The minimum atomic E-state index is -0.807. The van der Waals surface area contributed by atoms with Gasteiger partial charge in [0.2, 0.25) is 13.2 Å². The van der Waals surface area contributed by atoms with E-state index in [-0.39, 0.29) is 36.4 Å². The number of methoxy groups -OCH3 is 1. The molecular formula is C27H31NO6. The van der Waals surface area contributed by atoms with E-state index in [1.54, 1.807) is 31.2 Å². The lowest BCUT2D eigenvalue weighted by atomic mass is 9.55. The van der Waals surface area contributed by atoms with E-state index in [4.69, 9.17) is 14.2 Å². The molecule has 4 atom stereocenters. The standard InChI is InChI=1S/C27H31NO6/c1-28(15-29)25-13-21(32-2)9-10-27(25)22-14-24-23(33-16-34-24)12-19(22)11-18(26(27)31)6-3-17-4-7-20(30)8-5-17/h4-5,7-8,12,14-15,18,21,25,30H,3,6,9-11,13,16H2,1-2H3/t18?,21-,25-,27-/m0/s1. The SMILES string of the molecule is CO[C@H]1CC[C@@]2(C(=O)C(CCc3ccc(O)cc3)Cc3cc4c(cc32)OCO4)[C@@H](N(C)C=O)C1. The Labute approximate surface area is 199 Å². The first kappa shape index (κ1) is 22.7. The molecule has 0 radical (unpaired) electrons. The van der Waals surface area contributed by atoms with Crippen LogP contribution < -0.4 is 9.47 Å². The fourth-order valence-corrected chi connectivity index (χ4v) is 6.19. The van der Waals surface area contributed by atoms with E-state index in [9.17, 15) is 14.7 Å². The lowest BCUT2D eigenvalue weighted by Gasteiger charge is -2.52. The molecule has 1 N–H and O–H groups in total. The van der Waals surface area contributed by atoms with Crippen LogP contribution in [0.4, 0.5) is 0 Å². The van der Waals surface area contributed by atoms with Gasteiger partial charge in [-0.05, 0) is 79.5 Å². The fraction of sp³-hybridized carbons (Fsp3) is 0.481. The number of phenols is 1. The van der Waals surface area contributed by atoms with Crippen LogP contribution in [0, 0.1) is 5.92 Å². The van der Waals surface area contributed by atoms with Crippen LogP contribution in [-0.2, 0) is 32.6 Å². The second-order valence-electron chi connectivity index (χ2n) is 9.72. The Morgan fingerprint density at radius 2 is 1.94 bits per heavy atom. The summed E-state index contributed by atoms with van der Waals surface area (Å²) in [6.07, 6.45) is 4.88. The number of rotatable bonds is 6. The summed E-state index contributed by atoms with van der Waals surface area (Å²) in [6.45, 7) is 0.173. The molecule has 1 unspecified atom stereocenters. The summed E-state index contributed by atoms with van der Waals surface area (Å²) in [7, 11) is 3.45. The summed E-state index contributed by atoms with van der Waals surface area (Å²) in [6, 6.07) is 10.9. The maximum absolute atomic E-state index is 14.4. The van der Waals surface area contributed by atoms with Gasteiger partial charge in [-0.2, -0.15) is 0 Å². The van der Waals surface area contributed by atoms with Crippen LogP contribution in [0.25, 0.3) is 0 Å². The number of hydrogen-bond donors (Lipinski definition) is 1. The molecule has 1 saturated carbocycles. The summed E-state index contributed by atoms with van der Waals surface area (Å²) in [5.74, 6) is 1.63. The third-order valence-electron chi connectivity index (χ3n) is 7.98. The Kier molecular flexibility index (Phi) is 5.98. The number of aromatic hydroxyl groups is 1. The molecule has 1 aliphatic heterocycles. The zero-order valence-corrected chi connectivity index (χ0v) is 19.7. The van der Waals surface area contributed by atoms with Crippen molar-refractivity contribution in [3.63, 3.8) is 0 Å². The molecule has 7 nitrogen and oxygen atoms in total. The van der Waals surface area contributed by atoms with E-state index >= 15 is 0 Å². The molecule has 1 amide bonds. The van der Waals surface area contributed by atoms with Gasteiger partial charge >= 0.3 is 0 Å². The average Bonchev–Trinajstić information content (AvgIpc) is 3.32. The van der Waals surface area contributed by atoms with Gasteiger partial charge in [0.1, 0.15) is 11.5 Å². The summed E-state index contributed by atoms with van der Waals surface area (Å²) >= 11 is 0. The molecule has 7 heteroatoms. The minimum Gasteiger partial charge on any atom is -0.508 e. The van der Waals surface area contributed by atoms with Crippen molar-refractivity contribution in [2.24, 2.45) is 5.92 Å². The molecule has 3 aliphatic rings. The normalized spacial score (nSPS) is 27.5. The zero-order chi connectivity index (χ0) is 23.9. The molecular weight excluding hydrogens is 434 g/mol. The molecule has 180 valence electrons. The van der Waals surface area contributed by atoms with Gasteiger partial charge in [-0.3, -0.25) is 9.59 Å². The van der Waals surface area contributed by atoms with Gasteiger partial charge in [-0.25, -0.2) is 0 Å².